The van der Waals surface area contributed by atoms with E-state index in [2.05, 4.69) is 20.3 Å². The number of nitrogens with one attached hydrogen (secondary N) is 1. The highest BCUT2D eigenvalue weighted by Gasteiger charge is 2.34. The normalized spacial score (nSPS) is 21.2. The zero-order valence-corrected chi connectivity index (χ0v) is 12.9. The number of amides is 1. The molecule has 0 saturated carbocycles. The number of anilines is 1. The van der Waals surface area contributed by atoms with E-state index in [0.717, 1.165) is 18.8 Å². The molecule has 3 heterocycles. The van der Waals surface area contributed by atoms with E-state index in [4.69, 9.17) is 0 Å². The number of piperidine rings is 1. The number of hydrogen-bond donors (Lipinski definition) is 2. The Morgan fingerprint density at radius 1 is 1.35 bits per heavy atom. The van der Waals surface area contributed by atoms with Gasteiger partial charge in [-0.3, -0.25) is 9.48 Å². The van der Waals surface area contributed by atoms with Gasteiger partial charge in [0.25, 0.3) is 0 Å². The van der Waals surface area contributed by atoms with Gasteiger partial charge in [0.05, 0.1) is 5.60 Å². The van der Waals surface area contributed by atoms with Gasteiger partial charge in [-0.05, 0) is 31.0 Å². The summed E-state index contributed by atoms with van der Waals surface area (Å²) in [5, 5.41) is 17.6. The molecule has 2 aromatic rings. The average Bonchev–Trinajstić information content (AvgIpc) is 3.07. The van der Waals surface area contributed by atoms with Crippen molar-refractivity contribution in [2.45, 2.75) is 25.0 Å². The van der Waals surface area contributed by atoms with Gasteiger partial charge in [0.15, 0.2) is 0 Å². The molecule has 0 aliphatic carbocycles. The Balaban J connectivity index is 1.55. The molecule has 1 atom stereocenters. The lowest BCUT2D eigenvalue weighted by atomic mass is 9.92. The molecular weight excluding hydrogens is 294 g/mol. The van der Waals surface area contributed by atoms with Crippen LogP contribution in [0, 0.1) is 0 Å². The standard InChI is InChI=1S/C16H21N5O2/c22-15(11-21-10-4-8-19-21)18-12-16(23)6-3-9-20(13-16)14-5-1-2-7-17-14/h1-2,4-5,7-8,10,23H,3,6,9,11-13H2,(H,18,22)/t16-/m0/s1. The first-order valence-corrected chi connectivity index (χ1v) is 7.77. The predicted molar refractivity (Wildman–Crippen MR) is 85.9 cm³/mol. The van der Waals surface area contributed by atoms with Gasteiger partial charge >= 0.3 is 0 Å². The van der Waals surface area contributed by atoms with Crippen LogP contribution < -0.4 is 10.2 Å². The second-order valence-electron chi connectivity index (χ2n) is 5.92. The zero-order chi connectivity index (χ0) is 16.1. The van der Waals surface area contributed by atoms with Crippen molar-refractivity contribution in [3.63, 3.8) is 0 Å². The Kier molecular flexibility index (Phi) is 4.57. The molecule has 3 rings (SSSR count). The van der Waals surface area contributed by atoms with Crippen molar-refractivity contribution in [3.8, 4) is 0 Å². The van der Waals surface area contributed by atoms with E-state index in [1.165, 1.54) is 0 Å². The summed E-state index contributed by atoms with van der Waals surface area (Å²) >= 11 is 0. The molecule has 0 aromatic carbocycles. The minimum atomic E-state index is -0.935. The Morgan fingerprint density at radius 3 is 3.00 bits per heavy atom. The fraction of sp³-hybridized carbons (Fsp3) is 0.438. The molecule has 1 aliphatic heterocycles. The first-order chi connectivity index (χ1) is 11.1. The summed E-state index contributed by atoms with van der Waals surface area (Å²) in [6.07, 6.45) is 6.64. The van der Waals surface area contributed by atoms with Gasteiger partial charge in [-0.2, -0.15) is 5.10 Å². The molecular formula is C16H21N5O2. The lowest BCUT2D eigenvalue weighted by molar-refractivity contribution is -0.123. The third kappa shape index (κ3) is 4.07. The van der Waals surface area contributed by atoms with Crippen LogP contribution in [-0.4, -0.2) is 51.0 Å². The summed E-state index contributed by atoms with van der Waals surface area (Å²) in [6, 6.07) is 7.51. The third-order valence-corrected chi connectivity index (χ3v) is 4.01. The molecule has 1 aliphatic rings. The van der Waals surface area contributed by atoms with Crippen LogP contribution >= 0.6 is 0 Å². The van der Waals surface area contributed by atoms with Gasteiger partial charge in [-0.15, -0.1) is 0 Å². The van der Waals surface area contributed by atoms with Gasteiger partial charge in [0.2, 0.25) is 5.91 Å². The van der Waals surface area contributed by atoms with Crippen molar-refractivity contribution >= 4 is 11.7 Å². The van der Waals surface area contributed by atoms with E-state index in [9.17, 15) is 9.90 Å². The van der Waals surface area contributed by atoms with Gasteiger partial charge in [0, 0.05) is 38.2 Å². The largest absolute Gasteiger partial charge is 0.386 e. The summed E-state index contributed by atoms with van der Waals surface area (Å²) in [5.74, 6) is 0.700. The van der Waals surface area contributed by atoms with Crippen molar-refractivity contribution < 1.29 is 9.90 Å². The van der Waals surface area contributed by atoms with Crippen molar-refractivity contribution in [1.82, 2.24) is 20.1 Å². The van der Waals surface area contributed by atoms with E-state index in [1.54, 1.807) is 29.3 Å². The first-order valence-electron chi connectivity index (χ1n) is 7.77. The molecule has 1 amide bonds. The fourth-order valence-corrected chi connectivity index (χ4v) is 2.85. The number of rotatable bonds is 5. The van der Waals surface area contributed by atoms with Gasteiger partial charge in [-0.25, -0.2) is 4.98 Å². The number of hydrogen-bond acceptors (Lipinski definition) is 5. The highest BCUT2D eigenvalue weighted by atomic mass is 16.3. The fourth-order valence-electron chi connectivity index (χ4n) is 2.85. The van der Waals surface area contributed by atoms with Crippen molar-refractivity contribution in [2.24, 2.45) is 0 Å². The number of aliphatic hydroxyl groups is 1. The highest BCUT2D eigenvalue weighted by molar-refractivity contribution is 5.75. The maximum absolute atomic E-state index is 11.9. The van der Waals surface area contributed by atoms with Gasteiger partial charge in [-0.1, -0.05) is 6.07 Å². The van der Waals surface area contributed by atoms with E-state index in [-0.39, 0.29) is 19.0 Å². The average molecular weight is 315 g/mol. The monoisotopic (exact) mass is 315 g/mol. The number of nitrogens with zero attached hydrogens (tertiary/aromatic N) is 4. The van der Waals surface area contributed by atoms with Crippen LogP contribution in [0.4, 0.5) is 5.82 Å². The summed E-state index contributed by atoms with van der Waals surface area (Å²) in [7, 11) is 0. The summed E-state index contributed by atoms with van der Waals surface area (Å²) in [5.41, 5.74) is -0.935. The van der Waals surface area contributed by atoms with Crippen LogP contribution in [0.15, 0.2) is 42.9 Å². The number of carbonyl (C=O) groups excluding carboxylic acids is 1. The van der Waals surface area contributed by atoms with E-state index in [0.29, 0.717) is 13.0 Å². The van der Waals surface area contributed by atoms with Crippen molar-refractivity contribution in [3.05, 3.63) is 42.9 Å². The van der Waals surface area contributed by atoms with Crippen LogP contribution in [0.5, 0.6) is 0 Å². The molecule has 0 unspecified atom stereocenters. The number of carbonyl (C=O) groups is 1. The van der Waals surface area contributed by atoms with Crippen LogP contribution in [0.3, 0.4) is 0 Å². The second-order valence-corrected chi connectivity index (χ2v) is 5.92. The maximum Gasteiger partial charge on any atom is 0.241 e. The molecule has 0 bridgehead atoms. The predicted octanol–water partition coefficient (Wildman–Crippen LogP) is 0.426. The summed E-state index contributed by atoms with van der Waals surface area (Å²) < 4.78 is 1.56. The minimum absolute atomic E-state index is 0.155. The SMILES string of the molecule is O=C(Cn1cccn1)NC[C@@]1(O)CCCN(c2ccccn2)C1. The Labute approximate surface area is 134 Å². The molecule has 2 aromatic heterocycles. The smallest absolute Gasteiger partial charge is 0.241 e. The molecule has 0 spiro atoms. The minimum Gasteiger partial charge on any atom is -0.386 e. The zero-order valence-electron chi connectivity index (χ0n) is 12.9. The number of β-amino-alcohol motifs (C(OH)–C–C–N with tert-alkyl or cyclic N) is 1. The van der Waals surface area contributed by atoms with Gasteiger partial charge < -0.3 is 15.3 Å². The molecule has 7 heteroatoms. The molecule has 1 saturated heterocycles. The lowest BCUT2D eigenvalue weighted by Gasteiger charge is -2.39. The molecule has 7 nitrogen and oxygen atoms in total. The first kappa shape index (κ1) is 15.5. The molecule has 1 fully saturated rings. The summed E-state index contributed by atoms with van der Waals surface area (Å²) in [4.78, 5) is 18.3. The molecule has 2 N–H and O–H groups in total. The number of pyridine rings is 1. The lowest BCUT2D eigenvalue weighted by Crippen LogP contribution is -2.54. The van der Waals surface area contributed by atoms with Crippen LogP contribution in [-0.2, 0) is 11.3 Å². The van der Waals surface area contributed by atoms with Crippen LogP contribution in [0.2, 0.25) is 0 Å². The second kappa shape index (κ2) is 6.78. The van der Waals surface area contributed by atoms with E-state index < -0.39 is 5.60 Å². The Morgan fingerprint density at radius 2 is 2.26 bits per heavy atom. The Hall–Kier alpha value is -2.41. The third-order valence-electron chi connectivity index (χ3n) is 4.01. The van der Waals surface area contributed by atoms with Crippen LogP contribution in [0.1, 0.15) is 12.8 Å². The molecule has 122 valence electrons. The quantitative estimate of drug-likeness (QED) is 0.836. The van der Waals surface area contributed by atoms with Crippen molar-refractivity contribution in [2.75, 3.05) is 24.5 Å². The molecule has 0 radical (unpaired) electrons. The van der Waals surface area contributed by atoms with Crippen molar-refractivity contribution in [1.29, 1.82) is 0 Å². The number of aromatic nitrogens is 3. The topological polar surface area (TPSA) is 83.3 Å². The van der Waals surface area contributed by atoms with Gasteiger partial charge in [0.1, 0.15) is 12.4 Å². The maximum atomic E-state index is 11.9. The van der Waals surface area contributed by atoms with Crippen LogP contribution in [0.25, 0.3) is 0 Å². The molecule has 23 heavy (non-hydrogen) atoms. The van der Waals surface area contributed by atoms with E-state index in [1.807, 2.05) is 18.2 Å². The Bertz CT molecular complexity index is 631. The highest BCUT2D eigenvalue weighted by Crippen LogP contribution is 2.24. The van der Waals surface area contributed by atoms with E-state index >= 15 is 0 Å². The summed E-state index contributed by atoms with van der Waals surface area (Å²) in [6.45, 7) is 1.72.